The molecule has 1 N–H and O–H groups in total. The van der Waals surface area contributed by atoms with Crippen LogP contribution in [0.1, 0.15) is 24.4 Å². The molecule has 2 rings (SSSR count). The number of halogens is 5. The van der Waals surface area contributed by atoms with Gasteiger partial charge in [-0.2, -0.15) is 13.2 Å². The summed E-state index contributed by atoms with van der Waals surface area (Å²) in [6.45, 7) is 2.77. The summed E-state index contributed by atoms with van der Waals surface area (Å²) in [5.74, 6) is -0.166. The van der Waals surface area contributed by atoms with Gasteiger partial charge in [-0.15, -0.1) is 12.4 Å². The summed E-state index contributed by atoms with van der Waals surface area (Å²) in [6.07, 6.45) is -5.15. The Balaban J connectivity index is 0.00000264. The van der Waals surface area contributed by atoms with E-state index < -0.39 is 24.5 Å². The molecule has 0 saturated carbocycles. The van der Waals surface area contributed by atoms with Gasteiger partial charge in [-0.05, 0) is 12.5 Å². The van der Waals surface area contributed by atoms with E-state index in [1.807, 2.05) is 4.90 Å². The molecule has 0 aliphatic carbocycles. The number of hydrogen-bond acceptors (Lipinski definition) is 3. The van der Waals surface area contributed by atoms with Crippen LogP contribution >= 0.6 is 12.4 Å². The molecule has 1 aliphatic rings. The third kappa shape index (κ3) is 5.82. The van der Waals surface area contributed by atoms with Gasteiger partial charge in [0.05, 0.1) is 7.11 Å². The molecule has 1 aromatic rings. The van der Waals surface area contributed by atoms with Crippen LogP contribution in [0.3, 0.4) is 0 Å². The molecule has 0 spiro atoms. The van der Waals surface area contributed by atoms with Gasteiger partial charge in [0.1, 0.15) is 11.6 Å². The van der Waals surface area contributed by atoms with Crippen molar-refractivity contribution in [2.75, 3.05) is 33.3 Å². The van der Waals surface area contributed by atoms with Crippen molar-refractivity contribution in [3.05, 3.63) is 29.6 Å². The van der Waals surface area contributed by atoms with E-state index in [4.69, 9.17) is 4.74 Å². The average Bonchev–Trinajstić information content (AvgIpc) is 2.48. The molecular weight excluding hydrogens is 336 g/mol. The van der Waals surface area contributed by atoms with Crippen LogP contribution in [-0.2, 0) is 0 Å². The maximum absolute atomic E-state index is 13.3. The van der Waals surface area contributed by atoms with E-state index in [9.17, 15) is 17.6 Å². The fourth-order valence-corrected chi connectivity index (χ4v) is 2.79. The van der Waals surface area contributed by atoms with Crippen molar-refractivity contribution in [1.82, 2.24) is 10.2 Å². The van der Waals surface area contributed by atoms with E-state index in [-0.39, 0.29) is 18.8 Å². The minimum absolute atomic E-state index is 0. The first-order valence-electron chi connectivity index (χ1n) is 7.25. The highest BCUT2D eigenvalue weighted by Crippen LogP contribution is 2.36. The average molecular weight is 357 g/mol. The number of rotatable bonds is 5. The lowest BCUT2D eigenvalue weighted by Gasteiger charge is -2.36. The smallest absolute Gasteiger partial charge is 0.389 e. The topological polar surface area (TPSA) is 24.5 Å². The van der Waals surface area contributed by atoms with Gasteiger partial charge in [-0.25, -0.2) is 4.39 Å². The molecule has 23 heavy (non-hydrogen) atoms. The van der Waals surface area contributed by atoms with Crippen LogP contribution in [-0.4, -0.2) is 44.4 Å². The Kier molecular flexibility index (Phi) is 7.57. The predicted octanol–water partition coefficient (Wildman–Crippen LogP) is 3.54. The zero-order valence-corrected chi connectivity index (χ0v) is 13.6. The van der Waals surface area contributed by atoms with E-state index in [0.717, 1.165) is 13.1 Å². The molecule has 3 nitrogen and oxygen atoms in total. The highest BCUT2D eigenvalue weighted by Gasteiger charge is 2.32. The van der Waals surface area contributed by atoms with Crippen molar-refractivity contribution in [2.45, 2.75) is 25.1 Å². The first-order chi connectivity index (χ1) is 10.4. The lowest BCUT2D eigenvalue weighted by Crippen LogP contribution is -2.45. The standard InChI is InChI=1S/C15H20F4N2O.ClH/c1-22-14-10-11(16)2-3-12(14)13(4-5-15(17,18)19)21-8-6-20-7-9-21;/h2-3,10,13,20H,4-9H2,1H3;1H/t13-;/m0./s1. The molecule has 1 aromatic carbocycles. The molecule has 1 heterocycles. The van der Waals surface area contributed by atoms with Gasteiger partial charge in [0.2, 0.25) is 0 Å². The fourth-order valence-electron chi connectivity index (χ4n) is 2.79. The number of benzene rings is 1. The third-order valence-electron chi connectivity index (χ3n) is 3.85. The number of ether oxygens (including phenoxy) is 1. The zero-order chi connectivity index (χ0) is 16.2. The van der Waals surface area contributed by atoms with Crippen LogP contribution in [0, 0.1) is 5.82 Å². The molecule has 0 bridgehead atoms. The monoisotopic (exact) mass is 356 g/mol. The minimum atomic E-state index is -4.21. The molecule has 132 valence electrons. The Morgan fingerprint density at radius 3 is 2.48 bits per heavy atom. The molecule has 1 aliphatic heterocycles. The second kappa shape index (κ2) is 8.70. The maximum atomic E-state index is 13.3. The van der Waals surface area contributed by atoms with Gasteiger partial charge in [-0.3, -0.25) is 4.90 Å². The summed E-state index contributed by atoms with van der Waals surface area (Å²) in [5, 5.41) is 3.18. The van der Waals surface area contributed by atoms with Crippen molar-refractivity contribution in [1.29, 1.82) is 0 Å². The Hall–Kier alpha value is -1.05. The minimum Gasteiger partial charge on any atom is -0.496 e. The van der Waals surface area contributed by atoms with E-state index in [2.05, 4.69) is 5.32 Å². The normalized spacial score (nSPS) is 17.4. The number of nitrogens with one attached hydrogen (secondary N) is 1. The highest BCUT2D eigenvalue weighted by atomic mass is 35.5. The van der Waals surface area contributed by atoms with Gasteiger partial charge in [0, 0.05) is 50.3 Å². The molecule has 1 saturated heterocycles. The Labute approximate surface area is 139 Å². The number of hydrogen-bond donors (Lipinski definition) is 1. The van der Waals surface area contributed by atoms with E-state index in [0.29, 0.717) is 24.4 Å². The van der Waals surface area contributed by atoms with E-state index in [1.54, 1.807) is 0 Å². The van der Waals surface area contributed by atoms with Gasteiger partial charge in [0.15, 0.2) is 0 Å². The van der Waals surface area contributed by atoms with Crippen LogP contribution in [0.25, 0.3) is 0 Å². The molecule has 1 atom stereocenters. The summed E-state index contributed by atoms with van der Waals surface area (Å²) in [6, 6.07) is 3.58. The third-order valence-corrected chi connectivity index (χ3v) is 3.85. The molecular formula is C15H21ClF4N2O. The van der Waals surface area contributed by atoms with Crippen LogP contribution in [0.4, 0.5) is 17.6 Å². The second-order valence-electron chi connectivity index (χ2n) is 5.34. The number of alkyl halides is 3. The molecule has 0 aromatic heterocycles. The number of methoxy groups -OCH3 is 1. The summed E-state index contributed by atoms with van der Waals surface area (Å²) in [7, 11) is 1.40. The van der Waals surface area contributed by atoms with Crippen molar-refractivity contribution in [3.8, 4) is 5.75 Å². The van der Waals surface area contributed by atoms with Crippen molar-refractivity contribution in [3.63, 3.8) is 0 Å². The quantitative estimate of drug-likeness (QED) is 0.817. The molecule has 0 amide bonds. The van der Waals surface area contributed by atoms with E-state index in [1.165, 1.54) is 25.3 Å². The summed E-state index contributed by atoms with van der Waals surface area (Å²) in [5.41, 5.74) is 0.607. The SMILES string of the molecule is COc1cc(F)ccc1[C@H](CCC(F)(F)F)N1CCNCC1.Cl. The highest BCUT2D eigenvalue weighted by molar-refractivity contribution is 5.85. The predicted molar refractivity (Wildman–Crippen MR) is 82.7 cm³/mol. The zero-order valence-electron chi connectivity index (χ0n) is 12.8. The first-order valence-corrected chi connectivity index (χ1v) is 7.25. The Bertz CT molecular complexity index is 493. The van der Waals surface area contributed by atoms with E-state index >= 15 is 0 Å². The molecule has 0 radical (unpaired) electrons. The molecule has 0 unspecified atom stereocenters. The van der Waals surface area contributed by atoms with Crippen LogP contribution in [0.2, 0.25) is 0 Å². The van der Waals surface area contributed by atoms with Crippen molar-refractivity contribution >= 4 is 12.4 Å². The summed E-state index contributed by atoms with van der Waals surface area (Å²) < 4.78 is 56.4. The molecule has 8 heteroatoms. The van der Waals surface area contributed by atoms with Gasteiger partial charge >= 0.3 is 6.18 Å². The summed E-state index contributed by atoms with van der Waals surface area (Å²) in [4.78, 5) is 2.00. The fraction of sp³-hybridized carbons (Fsp3) is 0.600. The first kappa shape index (κ1) is 20.0. The number of piperazine rings is 1. The number of nitrogens with zero attached hydrogens (tertiary/aromatic N) is 1. The lowest BCUT2D eigenvalue weighted by atomic mass is 9.98. The van der Waals surface area contributed by atoms with Gasteiger partial charge in [-0.1, -0.05) is 6.07 Å². The second-order valence-corrected chi connectivity index (χ2v) is 5.34. The largest absolute Gasteiger partial charge is 0.496 e. The lowest BCUT2D eigenvalue weighted by molar-refractivity contribution is -0.138. The maximum Gasteiger partial charge on any atom is 0.389 e. The van der Waals surface area contributed by atoms with Crippen LogP contribution < -0.4 is 10.1 Å². The Morgan fingerprint density at radius 2 is 1.91 bits per heavy atom. The molecule has 1 fully saturated rings. The van der Waals surface area contributed by atoms with Gasteiger partial charge < -0.3 is 10.1 Å². The van der Waals surface area contributed by atoms with Crippen LogP contribution in [0.15, 0.2) is 18.2 Å². The van der Waals surface area contributed by atoms with Gasteiger partial charge in [0.25, 0.3) is 0 Å². The van der Waals surface area contributed by atoms with Crippen LogP contribution in [0.5, 0.6) is 5.75 Å². The van der Waals surface area contributed by atoms with Crippen molar-refractivity contribution in [2.24, 2.45) is 0 Å². The van der Waals surface area contributed by atoms with Crippen molar-refractivity contribution < 1.29 is 22.3 Å². The Morgan fingerprint density at radius 1 is 1.26 bits per heavy atom. The summed E-state index contributed by atoms with van der Waals surface area (Å²) >= 11 is 0.